The van der Waals surface area contributed by atoms with Crippen LogP contribution in [0.5, 0.6) is 5.75 Å². The van der Waals surface area contributed by atoms with Gasteiger partial charge in [-0.1, -0.05) is 32.9 Å². The van der Waals surface area contributed by atoms with E-state index in [-0.39, 0.29) is 17.9 Å². The van der Waals surface area contributed by atoms with Gasteiger partial charge in [-0.05, 0) is 61.2 Å². The summed E-state index contributed by atoms with van der Waals surface area (Å²) in [4.78, 5) is 14.4. The Morgan fingerprint density at radius 3 is 2.04 bits per heavy atom. The fraction of sp³-hybridized carbons (Fsp3) is 0.409. The lowest BCUT2D eigenvalue weighted by Gasteiger charge is -2.21. The summed E-state index contributed by atoms with van der Waals surface area (Å²) < 4.78 is 5.58. The third-order valence-electron chi connectivity index (χ3n) is 4.37. The second kappa shape index (κ2) is 8.75. The highest BCUT2D eigenvalue weighted by molar-refractivity contribution is 5.92. The van der Waals surface area contributed by atoms with Crippen LogP contribution >= 0.6 is 0 Å². The zero-order valence-corrected chi connectivity index (χ0v) is 16.5. The predicted molar refractivity (Wildman–Crippen MR) is 109 cm³/mol. The van der Waals surface area contributed by atoms with Crippen molar-refractivity contribution in [3.8, 4) is 5.75 Å². The molecular weight excluding hydrogens is 324 g/mol. The molecule has 0 saturated carbocycles. The highest BCUT2D eigenvalue weighted by Crippen LogP contribution is 2.24. The van der Waals surface area contributed by atoms with E-state index < -0.39 is 0 Å². The molecule has 1 amide bonds. The van der Waals surface area contributed by atoms with Gasteiger partial charge in [0.25, 0.3) is 5.91 Å². The predicted octanol–water partition coefficient (Wildman–Crippen LogP) is 4.85. The summed E-state index contributed by atoms with van der Waals surface area (Å²) >= 11 is 0. The van der Waals surface area contributed by atoms with E-state index in [1.165, 1.54) is 5.56 Å². The summed E-state index contributed by atoms with van der Waals surface area (Å²) in [5.74, 6) is 0.533. The number of nitrogens with zero attached hydrogens (tertiary/aromatic N) is 1. The number of hydrogen-bond acceptors (Lipinski definition) is 3. The molecule has 0 aliphatic heterocycles. The number of ether oxygens (including phenoxy) is 1. The third kappa shape index (κ3) is 5.51. The van der Waals surface area contributed by atoms with E-state index in [9.17, 15) is 4.79 Å². The van der Waals surface area contributed by atoms with Gasteiger partial charge in [0.2, 0.25) is 0 Å². The molecule has 0 heterocycles. The minimum Gasteiger partial charge on any atom is -0.484 e. The van der Waals surface area contributed by atoms with Crippen LogP contribution in [0.3, 0.4) is 0 Å². The third-order valence-corrected chi connectivity index (χ3v) is 4.37. The molecule has 0 fully saturated rings. The average molecular weight is 354 g/mol. The molecule has 0 aliphatic rings. The number of amides is 1. The van der Waals surface area contributed by atoms with Crippen molar-refractivity contribution in [3.63, 3.8) is 0 Å². The van der Waals surface area contributed by atoms with Gasteiger partial charge in [-0.25, -0.2) is 0 Å². The Kier molecular flexibility index (Phi) is 6.67. The van der Waals surface area contributed by atoms with E-state index in [0.717, 1.165) is 24.5 Å². The lowest BCUT2D eigenvalue weighted by Crippen LogP contribution is -2.22. The summed E-state index contributed by atoms with van der Waals surface area (Å²) in [5, 5.41) is 2.87. The quantitative estimate of drug-likeness (QED) is 0.773. The van der Waals surface area contributed by atoms with Gasteiger partial charge < -0.3 is 15.0 Å². The standard InChI is InChI=1S/C22H30N2O2/c1-6-24(7-2)19-12-10-18(11-13-19)23-21(25)16-26-20-14-8-17(9-15-20)22(3,4)5/h8-15H,6-7,16H2,1-5H3,(H,23,25). The Hall–Kier alpha value is -2.49. The zero-order chi connectivity index (χ0) is 19.2. The Bertz CT molecular complexity index is 696. The lowest BCUT2D eigenvalue weighted by atomic mass is 9.87. The number of benzene rings is 2. The van der Waals surface area contributed by atoms with Crippen molar-refractivity contribution in [2.45, 2.75) is 40.0 Å². The number of carbonyl (C=O) groups is 1. The topological polar surface area (TPSA) is 41.6 Å². The summed E-state index contributed by atoms with van der Waals surface area (Å²) in [5.41, 5.74) is 3.27. The van der Waals surface area contributed by atoms with Crippen LogP contribution in [0, 0.1) is 0 Å². The van der Waals surface area contributed by atoms with Crippen molar-refractivity contribution < 1.29 is 9.53 Å². The molecule has 26 heavy (non-hydrogen) atoms. The molecule has 4 heteroatoms. The molecule has 0 bridgehead atoms. The maximum atomic E-state index is 12.1. The number of anilines is 2. The van der Waals surface area contributed by atoms with Crippen LogP contribution in [-0.2, 0) is 10.2 Å². The van der Waals surface area contributed by atoms with Crippen molar-refractivity contribution in [1.29, 1.82) is 0 Å². The first kappa shape index (κ1) is 19.8. The number of nitrogens with one attached hydrogen (secondary N) is 1. The van der Waals surface area contributed by atoms with Crippen LogP contribution in [0.1, 0.15) is 40.2 Å². The van der Waals surface area contributed by atoms with Gasteiger partial charge in [0.1, 0.15) is 5.75 Å². The van der Waals surface area contributed by atoms with Gasteiger partial charge in [-0.2, -0.15) is 0 Å². The van der Waals surface area contributed by atoms with Crippen molar-refractivity contribution in [2.75, 3.05) is 29.9 Å². The molecule has 4 nitrogen and oxygen atoms in total. The van der Waals surface area contributed by atoms with E-state index in [2.05, 4.69) is 44.8 Å². The molecular formula is C22H30N2O2. The maximum Gasteiger partial charge on any atom is 0.262 e. The Labute approximate surface area is 157 Å². The summed E-state index contributed by atoms with van der Waals surface area (Å²) in [6.45, 7) is 12.7. The van der Waals surface area contributed by atoms with Crippen molar-refractivity contribution in [2.24, 2.45) is 0 Å². The summed E-state index contributed by atoms with van der Waals surface area (Å²) in [7, 11) is 0. The van der Waals surface area contributed by atoms with Gasteiger partial charge in [-0.15, -0.1) is 0 Å². The summed E-state index contributed by atoms with van der Waals surface area (Å²) in [6, 6.07) is 15.8. The fourth-order valence-corrected chi connectivity index (χ4v) is 2.74. The molecule has 0 unspecified atom stereocenters. The van der Waals surface area contributed by atoms with Crippen LogP contribution in [0.15, 0.2) is 48.5 Å². The van der Waals surface area contributed by atoms with Crippen LogP contribution in [0.2, 0.25) is 0 Å². The molecule has 0 radical (unpaired) electrons. The Morgan fingerprint density at radius 2 is 1.54 bits per heavy atom. The monoisotopic (exact) mass is 354 g/mol. The summed E-state index contributed by atoms with van der Waals surface area (Å²) in [6.07, 6.45) is 0. The van der Waals surface area contributed by atoms with Gasteiger partial charge in [0.15, 0.2) is 6.61 Å². The Balaban J connectivity index is 1.87. The molecule has 2 aromatic carbocycles. The van der Waals surface area contributed by atoms with Gasteiger partial charge in [0.05, 0.1) is 0 Å². The van der Waals surface area contributed by atoms with Gasteiger partial charge in [-0.3, -0.25) is 4.79 Å². The lowest BCUT2D eigenvalue weighted by molar-refractivity contribution is -0.118. The van der Waals surface area contributed by atoms with Crippen molar-refractivity contribution in [3.05, 3.63) is 54.1 Å². The maximum absolute atomic E-state index is 12.1. The number of hydrogen-bond donors (Lipinski definition) is 1. The Morgan fingerprint density at radius 1 is 0.962 bits per heavy atom. The van der Waals surface area contributed by atoms with Crippen molar-refractivity contribution in [1.82, 2.24) is 0 Å². The molecule has 2 rings (SSSR count). The van der Waals surface area contributed by atoms with Crippen molar-refractivity contribution >= 4 is 17.3 Å². The number of carbonyl (C=O) groups excluding carboxylic acids is 1. The SMILES string of the molecule is CCN(CC)c1ccc(NC(=O)COc2ccc(C(C)(C)C)cc2)cc1. The molecule has 0 spiro atoms. The van der Waals surface area contributed by atoms with E-state index in [1.807, 2.05) is 48.5 Å². The normalized spacial score (nSPS) is 11.1. The number of rotatable bonds is 7. The van der Waals surface area contributed by atoms with Crippen LogP contribution in [-0.4, -0.2) is 25.6 Å². The fourth-order valence-electron chi connectivity index (χ4n) is 2.74. The van der Waals surface area contributed by atoms with Crippen LogP contribution < -0.4 is 15.0 Å². The molecule has 2 aromatic rings. The molecule has 1 N–H and O–H groups in total. The largest absolute Gasteiger partial charge is 0.484 e. The molecule has 0 saturated heterocycles. The van der Waals surface area contributed by atoms with E-state index in [0.29, 0.717) is 5.75 Å². The first-order valence-corrected chi connectivity index (χ1v) is 9.21. The average Bonchev–Trinajstić information content (AvgIpc) is 2.62. The van der Waals surface area contributed by atoms with E-state index in [4.69, 9.17) is 4.74 Å². The first-order chi connectivity index (χ1) is 12.3. The van der Waals surface area contributed by atoms with Crippen LogP contribution in [0.25, 0.3) is 0 Å². The highest BCUT2D eigenvalue weighted by Gasteiger charge is 2.13. The van der Waals surface area contributed by atoms with Gasteiger partial charge >= 0.3 is 0 Å². The minimum absolute atomic E-state index is 0.00728. The van der Waals surface area contributed by atoms with Crippen LogP contribution in [0.4, 0.5) is 11.4 Å². The molecule has 0 aliphatic carbocycles. The zero-order valence-electron chi connectivity index (χ0n) is 16.5. The first-order valence-electron chi connectivity index (χ1n) is 9.21. The van der Waals surface area contributed by atoms with Gasteiger partial charge in [0, 0.05) is 24.5 Å². The minimum atomic E-state index is -0.166. The van der Waals surface area contributed by atoms with E-state index in [1.54, 1.807) is 0 Å². The second-order valence-electron chi connectivity index (χ2n) is 7.33. The van der Waals surface area contributed by atoms with E-state index >= 15 is 0 Å². The highest BCUT2D eigenvalue weighted by atomic mass is 16.5. The molecule has 140 valence electrons. The molecule has 0 aromatic heterocycles. The smallest absolute Gasteiger partial charge is 0.262 e. The second-order valence-corrected chi connectivity index (χ2v) is 7.33. The molecule has 0 atom stereocenters.